The Hall–Kier alpha value is -2.13. The lowest BCUT2D eigenvalue weighted by molar-refractivity contribution is 0.000726. The van der Waals surface area contributed by atoms with Gasteiger partial charge in [-0.05, 0) is 54.5 Å². The lowest BCUT2D eigenvalue weighted by Crippen LogP contribution is -2.56. The second-order valence-electron chi connectivity index (χ2n) is 7.75. The third-order valence-corrected chi connectivity index (χ3v) is 6.29. The van der Waals surface area contributed by atoms with Crippen LogP contribution in [0.25, 0.3) is 11.1 Å². The summed E-state index contributed by atoms with van der Waals surface area (Å²) in [6, 6.07) is 18.7. The number of carbonyl (C=O) groups is 1. The normalized spacial score (nSPS) is 27.3. The fourth-order valence-electron chi connectivity index (χ4n) is 4.68. The summed E-state index contributed by atoms with van der Waals surface area (Å²) in [6.07, 6.45) is 3.86. The van der Waals surface area contributed by atoms with Gasteiger partial charge in [0.05, 0.1) is 0 Å². The van der Waals surface area contributed by atoms with Crippen LogP contribution in [-0.2, 0) is 0 Å². The van der Waals surface area contributed by atoms with Crippen molar-refractivity contribution in [3.05, 3.63) is 60.2 Å². The standard InChI is InChI=1S/C23H28N2O/c1-2-17-16-25-13-12-21(17)14-22(25)15-24-23(26)20-10-8-19(9-11-20)18-6-4-3-5-7-18/h3-11,17,21-22H,2,12-16H2,1H3,(H,24,26)/t17-,21+,22-/m1/s1. The predicted molar refractivity (Wildman–Crippen MR) is 106 cm³/mol. The largest absolute Gasteiger partial charge is 0.350 e. The summed E-state index contributed by atoms with van der Waals surface area (Å²) in [5.74, 6) is 1.76. The molecule has 1 unspecified atom stereocenters. The van der Waals surface area contributed by atoms with Crippen molar-refractivity contribution >= 4 is 5.91 Å². The van der Waals surface area contributed by atoms with Gasteiger partial charge in [0.15, 0.2) is 0 Å². The Balaban J connectivity index is 1.34. The summed E-state index contributed by atoms with van der Waals surface area (Å²) in [4.78, 5) is 15.1. The van der Waals surface area contributed by atoms with Crippen LogP contribution in [0.15, 0.2) is 54.6 Å². The third-order valence-electron chi connectivity index (χ3n) is 6.29. The molecule has 0 aromatic heterocycles. The van der Waals surface area contributed by atoms with Gasteiger partial charge in [0, 0.05) is 24.7 Å². The van der Waals surface area contributed by atoms with Gasteiger partial charge >= 0.3 is 0 Å². The molecule has 3 saturated heterocycles. The highest BCUT2D eigenvalue weighted by Gasteiger charge is 2.38. The van der Waals surface area contributed by atoms with Crippen molar-refractivity contribution in [1.82, 2.24) is 10.2 Å². The maximum Gasteiger partial charge on any atom is 0.251 e. The van der Waals surface area contributed by atoms with Crippen molar-refractivity contribution in [3.8, 4) is 11.1 Å². The molecule has 1 N–H and O–H groups in total. The molecule has 3 heterocycles. The molecule has 2 bridgehead atoms. The fraction of sp³-hybridized carbons (Fsp3) is 0.435. The molecule has 0 radical (unpaired) electrons. The van der Waals surface area contributed by atoms with Gasteiger partial charge in [-0.3, -0.25) is 9.69 Å². The van der Waals surface area contributed by atoms with E-state index in [1.165, 1.54) is 37.9 Å². The SMILES string of the molecule is CC[C@@H]1CN2CC[C@H]1C[C@@H]2CNC(=O)c1ccc(-c2ccccc2)cc1. The number of rotatable bonds is 5. The third kappa shape index (κ3) is 3.54. The molecular formula is C23H28N2O. The molecule has 5 rings (SSSR count). The molecule has 2 aromatic carbocycles. The molecule has 2 aromatic rings. The van der Waals surface area contributed by atoms with Crippen molar-refractivity contribution in [2.75, 3.05) is 19.6 Å². The number of carbonyl (C=O) groups excluding carboxylic acids is 1. The van der Waals surface area contributed by atoms with Crippen LogP contribution in [0.1, 0.15) is 36.5 Å². The quantitative estimate of drug-likeness (QED) is 0.878. The zero-order valence-electron chi connectivity index (χ0n) is 15.5. The van der Waals surface area contributed by atoms with Crippen molar-refractivity contribution in [2.24, 2.45) is 11.8 Å². The number of benzene rings is 2. The highest BCUT2D eigenvalue weighted by molar-refractivity contribution is 5.94. The minimum Gasteiger partial charge on any atom is -0.350 e. The van der Waals surface area contributed by atoms with E-state index in [0.717, 1.165) is 29.5 Å². The average Bonchev–Trinajstić information content (AvgIpc) is 2.73. The Morgan fingerprint density at radius 3 is 2.46 bits per heavy atom. The molecule has 0 aliphatic carbocycles. The molecule has 1 amide bonds. The van der Waals surface area contributed by atoms with E-state index in [9.17, 15) is 4.79 Å². The van der Waals surface area contributed by atoms with Crippen LogP contribution in [-0.4, -0.2) is 36.5 Å². The van der Waals surface area contributed by atoms with E-state index in [2.05, 4.69) is 29.3 Å². The first-order valence-corrected chi connectivity index (χ1v) is 9.92. The summed E-state index contributed by atoms with van der Waals surface area (Å²) in [7, 11) is 0. The van der Waals surface area contributed by atoms with E-state index in [1.54, 1.807) is 0 Å². The number of fused-ring (bicyclic) bond motifs is 3. The van der Waals surface area contributed by atoms with E-state index >= 15 is 0 Å². The summed E-state index contributed by atoms with van der Waals surface area (Å²) >= 11 is 0. The highest BCUT2D eigenvalue weighted by Crippen LogP contribution is 2.37. The summed E-state index contributed by atoms with van der Waals surface area (Å²) < 4.78 is 0. The van der Waals surface area contributed by atoms with Gasteiger partial charge in [-0.2, -0.15) is 0 Å². The maximum atomic E-state index is 12.5. The van der Waals surface area contributed by atoms with Gasteiger partial charge in [-0.15, -0.1) is 0 Å². The van der Waals surface area contributed by atoms with Crippen LogP contribution in [0, 0.1) is 11.8 Å². The van der Waals surface area contributed by atoms with Crippen LogP contribution < -0.4 is 5.32 Å². The Labute approximate surface area is 156 Å². The number of piperidine rings is 3. The molecule has 136 valence electrons. The van der Waals surface area contributed by atoms with E-state index in [0.29, 0.717) is 6.04 Å². The topological polar surface area (TPSA) is 32.3 Å². The van der Waals surface area contributed by atoms with E-state index in [-0.39, 0.29) is 5.91 Å². The van der Waals surface area contributed by atoms with Crippen LogP contribution in [0.2, 0.25) is 0 Å². The van der Waals surface area contributed by atoms with E-state index < -0.39 is 0 Å². The van der Waals surface area contributed by atoms with Gasteiger partial charge in [0.25, 0.3) is 5.91 Å². The van der Waals surface area contributed by atoms with E-state index in [1.807, 2.05) is 42.5 Å². The first-order chi connectivity index (χ1) is 12.7. The number of hydrogen-bond acceptors (Lipinski definition) is 2. The van der Waals surface area contributed by atoms with Crippen LogP contribution in [0.3, 0.4) is 0 Å². The van der Waals surface area contributed by atoms with Gasteiger partial charge < -0.3 is 5.32 Å². The van der Waals surface area contributed by atoms with Gasteiger partial charge in [-0.1, -0.05) is 55.8 Å². The van der Waals surface area contributed by atoms with E-state index in [4.69, 9.17) is 0 Å². The maximum absolute atomic E-state index is 12.5. The Morgan fingerprint density at radius 1 is 1.08 bits per heavy atom. The zero-order valence-corrected chi connectivity index (χ0v) is 15.5. The van der Waals surface area contributed by atoms with Crippen molar-refractivity contribution in [2.45, 2.75) is 32.2 Å². The van der Waals surface area contributed by atoms with Gasteiger partial charge in [0.2, 0.25) is 0 Å². The Kier molecular flexibility index (Phi) is 5.07. The van der Waals surface area contributed by atoms with Crippen molar-refractivity contribution in [3.63, 3.8) is 0 Å². The van der Waals surface area contributed by atoms with Crippen LogP contribution in [0.5, 0.6) is 0 Å². The molecule has 3 aliphatic rings. The minimum atomic E-state index is 0.0410. The summed E-state index contributed by atoms with van der Waals surface area (Å²) in [6.45, 7) is 5.50. The van der Waals surface area contributed by atoms with Gasteiger partial charge in [-0.25, -0.2) is 0 Å². The lowest BCUT2D eigenvalue weighted by Gasteiger charge is -2.50. The number of amides is 1. The second kappa shape index (κ2) is 7.63. The molecule has 26 heavy (non-hydrogen) atoms. The Morgan fingerprint density at radius 2 is 1.81 bits per heavy atom. The number of nitrogens with one attached hydrogen (secondary N) is 1. The Bertz CT molecular complexity index is 741. The zero-order chi connectivity index (χ0) is 17.9. The fourth-order valence-corrected chi connectivity index (χ4v) is 4.68. The molecule has 3 aliphatic heterocycles. The van der Waals surface area contributed by atoms with Gasteiger partial charge in [0.1, 0.15) is 0 Å². The molecule has 4 atom stereocenters. The van der Waals surface area contributed by atoms with Crippen LogP contribution in [0.4, 0.5) is 0 Å². The highest BCUT2D eigenvalue weighted by atomic mass is 16.1. The molecule has 3 heteroatoms. The predicted octanol–water partition coefficient (Wildman–Crippen LogP) is 4.20. The number of hydrogen-bond donors (Lipinski definition) is 1. The molecule has 3 fully saturated rings. The number of nitrogens with zero attached hydrogens (tertiary/aromatic N) is 1. The molecule has 0 saturated carbocycles. The smallest absolute Gasteiger partial charge is 0.251 e. The summed E-state index contributed by atoms with van der Waals surface area (Å²) in [5.41, 5.74) is 3.06. The van der Waals surface area contributed by atoms with Crippen molar-refractivity contribution < 1.29 is 4.79 Å². The first kappa shape index (κ1) is 17.3. The molecule has 0 spiro atoms. The minimum absolute atomic E-state index is 0.0410. The lowest BCUT2D eigenvalue weighted by atomic mass is 9.74. The monoisotopic (exact) mass is 348 g/mol. The molecule has 3 nitrogen and oxygen atoms in total. The summed E-state index contributed by atoms with van der Waals surface area (Å²) in [5, 5.41) is 3.17. The average molecular weight is 348 g/mol. The van der Waals surface area contributed by atoms with Crippen molar-refractivity contribution in [1.29, 1.82) is 0 Å². The van der Waals surface area contributed by atoms with Crippen LogP contribution >= 0.6 is 0 Å². The molecular weight excluding hydrogens is 320 g/mol. The first-order valence-electron chi connectivity index (χ1n) is 9.92. The second-order valence-corrected chi connectivity index (χ2v) is 7.75.